The molecule has 0 unspecified atom stereocenters. The van der Waals surface area contributed by atoms with Gasteiger partial charge in [0.15, 0.2) is 0 Å². The van der Waals surface area contributed by atoms with Crippen molar-refractivity contribution in [1.82, 2.24) is 10.2 Å². The summed E-state index contributed by atoms with van der Waals surface area (Å²) in [4.78, 5) is 11.3. The summed E-state index contributed by atoms with van der Waals surface area (Å²) in [6.07, 6.45) is 0. The van der Waals surface area contributed by atoms with Crippen molar-refractivity contribution in [2.24, 2.45) is 0 Å². The van der Waals surface area contributed by atoms with Crippen LogP contribution in [0.4, 0.5) is 0 Å². The average Bonchev–Trinajstić information content (AvgIpc) is 2.97. The van der Waals surface area contributed by atoms with Crippen LogP contribution in [0.25, 0.3) is 22.9 Å². The van der Waals surface area contributed by atoms with E-state index in [0.29, 0.717) is 11.5 Å². The lowest BCUT2D eigenvalue weighted by atomic mass is 10.1. The van der Waals surface area contributed by atoms with Crippen molar-refractivity contribution in [2.45, 2.75) is 0 Å². The smallest absolute Gasteiger partial charge is 0.336 e. The van der Waals surface area contributed by atoms with E-state index in [1.807, 2.05) is 30.3 Å². The molecule has 0 aliphatic rings. The highest BCUT2D eigenvalue weighted by Gasteiger charge is 2.17. The van der Waals surface area contributed by atoms with Crippen molar-refractivity contribution >= 4 is 28.6 Å². The first-order valence-corrected chi connectivity index (χ1v) is 7.15. The second-order valence-corrected chi connectivity index (χ2v) is 5.52. The number of hydrogen-bond donors (Lipinski definition) is 1. The quantitative estimate of drug-likeness (QED) is 0.688. The normalized spacial score (nSPS) is 10.5. The van der Waals surface area contributed by atoms with Crippen LogP contribution < -0.4 is 0 Å². The molecule has 0 amide bonds. The molecule has 1 heterocycles. The molecule has 104 valence electrons. The highest BCUT2D eigenvalue weighted by Crippen LogP contribution is 2.27. The predicted molar refractivity (Wildman–Crippen MR) is 84.8 cm³/mol. The zero-order valence-electron chi connectivity index (χ0n) is 10.7. The summed E-state index contributed by atoms with van der Waals surface area (Å²) in [7, 11) is 0. The molecule has 1 aromatic heterocycles. The van der Waals surface area contributed by atoms with E-state index in [2.05, 4.69) is 32.8 Å². The zero-order valence-corrected chi connectivity index (χ0v) is 12.8. The van der Waals surface area contributed by atoms with Crippen LogP contribution in [-0.4, -0.2) is 21.3 Å². The minimum atomic E-state index is -1.03. The molecule has 2 aromatic carbocycles. The lowest BCUT2D eigenvalue weighted by Crippen LogP contribution is -2.00. The maximum Gasteiger partial charge on any atom is 0.336 e. The second kappa shape index (κ2) is 5.65. The minimum absolute atomic E-state index is 0.144. The van der Waals surface area contributed by atoms with Crippen LogP contribution in [0.1, 0.15) is 10.4 Å². The molecule has 0 fully saturated rings. The maximum atomic E-state index is 11.3. The molecule has 0 spiro atoms. The molecular weight excluding hydrogens is 383 g/mol. The molecule has 0 bridgehead atoms. The number of carbonyl (C=O) groups is 1. The van der Waals surface area contributed by atoms with Crippen molar-refractivity contribution in [3.8, 4) is 22.9 Å². The van der Waals surface area contributed by atoms with Gasteiger partial charge in [-0.25, -0.2) is 4.79 Å². The summed E-state index contributed by atoms with van der Waals surface area (Å²) in [5.74, 6) is -0.467. The Hall–Kier alpha value is -2.22. The number of halogens is 1. The second-order valence-electron chi connectivity index (χ2n) is 4.27. The number of rotatable bonds is 3. The molecule has 0 aliphatic carbocycles. The summed E-state index contributed by atoms with van der Waals surface area (Å²) in [6, 6.07) is 14.4. The third-order valence-corrected chi connectivity index (χ3v) is 3.56. The Labute approximate surface area is 133 Å². The van der Waals surface area contributed by atoms with Gasteiger partial charge in [0.2, 0.25) is 11.8 Å². The first-order valence-electron chi connectivity index (χ1n) is 6.07. The Morgan fingerprint density at radius 1 is 1.05 bits per heavy atom. The number of nitrogens with zero attached hydrogens (tertiary/aromatic N) is 2. The molecular formula is C15H9IN2O3. The van der Waals surface area contributed by atoms with Crippen LogP contribution in [0.3, 0.4) is 0 Å². The summed E-state index contributed by atoms with van der Waals surface area (Å²) in [5.41, 5.74) is 1.35. The Kier molecular flexibility index (Phi) is 3.70. The van der Waals surface area contributed by atoms with Gasteiger partial charge in [-0.3, -0.25) is 0 Å². The molecule has 21 heavy (non-hydrogen) atoms. The van der Waals surface area contributed by atoms with E-state index in [1.165, 1.54) is 0 Å². The monoisotopic (exact) mass is 392 g/mol. The summed E-state index contributed by atoms with van der Waals surface area (Å²) < 4.78 is 6.43. The topological polar surface area (TPSA) is 76.2 Å². The fourth-order valence-corrected chi connectivity index (χ4v) is 2.40. The summed E-state index contributed by atoms with van der Waals surface area (Å²) in [6.45, 7) is 0. The third-order valence-electron chi connectivity index (χ3n) is 2.89. The Bertz CT molecular complexity index is 800. The molecule has 1 N–H and O–H groups in total. The molecule has 6 heteroatoms. The SMILES string of the molecule is O=C(O)c1cc(I)ccc1-c1nnc(-c2ccccc2)o1. The number of benzene rings is 2. The molecule has 3 aromatic rings. The molecule has 0 saturated heterocycles. The Morgan fingerprint density at radius 2 is 1.76 bits per heavy atom. The number of carboxylic acids is 1. The lowest BCUT2D eigenvalue weighted by Gasteiger charge is -2.02. The molecule has 0 atom stereocenters. The van der Waals surface area contributed by atoms with Crippen molar-refractivity contribution < 1.29 is 14.3 Å². The lowest BCUT2D eigenvalue weighted by molar-refractivity contribution is 0.0697. The van der Waals surface area contributed by atoms with Crippen LogP contribution in [0.2, 0.25) is 0 Å². The van der Waals surface area contributed by atoms with Gasteiger partial charge >= 0.3 is 5.97 Å². The van der Waals surface area contributed by atoms with Gasteiger partial charge in [-0.15, -0.1) is 10.2 Å². The van der Waals surface area contributed by atoms with Crippen molar-refractivity contribution in [3.63, 3.8) is 0 Å². The molecule has 0 aliphatic heterocycles. The van der Waals surface area contributed by atoms with Gasteiger partial charge in [0.25, 0.3) is 0 Å². The molecule has 3 rings (SSSR count). The highest BCUT2D eigenvalue weighted by molar-refractivity contribution is 14.1. The van der Waals surface area contributed by atoms with E-state index in [9.17, 15) is 9.90 Å². The minimum Gasteiger partial charge on any atom is -0.478 e. The fourth-order valence-electron chi connectivity index (χ4n) is 1.91. The van der Waals surface area contributed by atoms with Gasteiger partial charge in [-0.1, -0.05) is 18.2 Å². The van der Waals surface area contributed by atoms with E-state index in [1.54, 1.807) is 18.2 Å². The van der Waals surface area contributed by atoms with Crippen molar-refractivity contribution in [1.29, 1.82) is 0 Å². The van der Waals surface area contributed by atoms with Crippen molar-refractivity contribution in [2.75, 3.05) is 0 Å². The molecule has 0 saturated carbocycles. The van der Waals surface area contributed by atoms with Crippen LogP contribution in [0, 0.1) is 3.57 Å². The standard InChI is InChI=1S/C15H9IN2O3/c16-10-6-7-11(12(8-10)15(19)20)14-18-17-13(21-14)9-4-2-1-3-5-9/h1-8H,(H,19,20). The number of carboxylic acid groups (broad SMARTS) is 1. The number of hydrogen-bond acceptors (Lipinski definition) is 4. The number of aromatic nitrogens is 2. The maximum absolute atomic E-state index is 11.3. The molecule has 5 nitrogen and oxygen atoms in total. The predicted octanol–water partition coefficient (Wildman–Crippen LogP) is 3.71. The van der Waals surface area contributed by atoms with Gasteiger partial charge in [0, 0.05) is 9.13 Å². The van der Waals surface area contributed by atoms with Crippen molar-refractivity contribution in [3.05, 3.63) is 57.7 Å². The zero-order chi connectivity index (χ0) is 14.8. The third kappa shape index (κ3) is 2.80. The van der Waals surface area contributed by atoms with Gasteiger partial charge in [-0.2, -0.15) is 0 Å². The van der Waals surface area contributed by atoms with E-state index in [0.717, 1.165) is 9.13 Å². The van der Waals surface area contributed by atoms with Gasteiger partial charge < -0.3 is 9.52 Å². The Balaban J connectivity index is 2.07. The van der Waals surface area contributed by atoms with E-state index >= 15 is 0 Å². The fraction of sp³-hybridized carbons (Fsp3) is 0. The summed E-state index contributed by atoms with van der Waals surface area (Å²) in [5, 5.41) is 17.2. The average molecular weight is 392 g/mol. The first-order chi connectivity index (χ1) is 10.1. The van der Waals surface area contributed by atoms with E-state index in [4.69, 9.17) is 4.42 Å². The molecule has 0 radical (unpaired) electrons. The van der Waals surface area contributed by atoms with Gasteiger partial charge in [0.1, 0.15) is 0 Å². The number of aromatic carboxylic acids is 1. The van der Waals surface area contributed by atoms with Gasteiger partial charge in [-0.05, 0) is 52.9 Å². The van der Waals surface area contributed by atoms with Crippen LogP contribution >= 0.6 is 22.6 Å². The van der Waals surface area contributed by atoms with E-state index < -0.39 is 5.97 Å². The van der Waals surface area contributed by atoms with Gasteiger partial charge in [0.05, 0.1) is 11.1 Å². The van der Waals surface area contributed by atoms with E-state index in [-0.39, 0.29) is 11.5 Å². The Morgan fingerprint density at radius 3 is 2.48 bits per heavy atom. The van der Waals surface area contributed by atoms with Crippen LogP contribution in [-0.2, 0) is 0 Å². The van der Waals surface area contributed by atoms with Crippen LogP contribution in [0.5, 0.6) is 0 Å². The largest absolute Gasteiger partial charge is 0.478 e. The van der Waals surface area contributed by atoms with Crippen LogP contribution in [0.15, 0.2) is 52.9 Å². The summed E-state index contributed by atoms with van der Waals surface area (Å²) >= 11 is 2.06. The first kappa shape index (κ1) is 13.7. The highest BCUT2D eigenvalue weighted by atomic mass is 127.